The number of amides is 1. The van der Waals surface area contributed by atoms with E-state index in [1.165, 1.54) is 6.07 Å². The highest BCUT2D eigenvalue weighted by atomic mass is 19.1. The van der Waals surface area contributed by atoms with Crippen LogP contribution in [0.1, 0.15) is 12.5 Å². The summed E-state index contributed by atoms with van der Waals surface area (Å²) in [6.07, 6.45) is 0. The highest BCUT2D eigenvalue weighted by Crippen LogP contribution is 2.29. The molecular formula is C12H14FNO2. The van der Waals surface area contributed by atoms with Crippen molar-refractivity contribution in [3.8, 4) is 0 Å². The standard InChI is InChI=1S/C12H14FNO2/c1-8-9(13)4-3-5-10(8)14-11(15)12(2)6-16-7-12/h3-5H,6-7H2,1-2H3,(H,14,15). The molecule has 1 aromatic carbocycles. The zero-order valence-electron chi connectivity index (χ0n) is 9.34. The van der Waals surface area contributed by atoms with Crippen molar-refractivity contribution in [2.75, 3.05) is 18.5 Å². The van der Waals surface area contributed by atoms with Gasteiger partial charge in [-0.1, -0.05) is 6.07 Å². The van der Waals surface area contributed by atoms with E-state index in [9.17, 15) is 9.18 Å². The van der Waals surface area contributed by atoms with E-state index in [1.54, 1.807) is 19.1 Å². The molecule has 1 saturated heterocycles. The molecular weight excluding hydrogens is 209 g/mol. The van der Waals surface area contributed by atoms with E-state index in [0.29, 0.717) is 24.5 Å². The molecule has 1 amide bonds. The second kappa shape index (κ2) is 3.87. The quantitative estimate of drug-likeness (QED) is 0.833. The third kappa shape index (κ3) is 1.80. The van der Waals surface area contributed by atoms with Crippen LogP contribution in [0.3, 0.4) is 0 Å². The first-order chi connectivity index (χ1) is 7.53. The Morgan fingerprint density at radius 2 is 2.19 bits per heavy atom. The summed E-state index contributed by atoms with van der Waals surface area (Å²) < 4.78 is 18.3. The molecule has 0 aliphatic carbocycles. The van der Waals surface area contributed by atoms with Gasteiger partial charge in [0, 0.05) is 11.3 Å². The van der Waals surface area contributed by atoms with Crippen molar-refractivity contribution >= 4 is 11.6 Å². The van der Waals surface area contributed by atoms with Crippen molar-refractivity contribution < 1.29 is 13.9 Å². The molecule has 3 nitrogen and oxygen atoms in total. The van der Waals surface area contributed by atoms with Crippen LogP contribution in [0.15, 0.2) is 18.2 Å². The molecule has 1 N–H and O–H groups in total. The zero-order chi connectivity index (χ0) is 11.8. The van der Waals surface area contributed by atoms with E-state index in [0.717, 1.165) is 0 Å². The lowest BCUT2D eigenvalue weighted by Crippen LogP contribution is -2.49. The third-order valence-corrected chi connectivity index (χ3v) is 2.91. The number of nitrogens with one attached hydrogen (secondary N) is 1. The van der Waals surface area contributed by atoms with Gasteiger partial charge in [-0.15, -0.1) is 0 Å². The Bertz CT molecular complexity index is 427. The first-order valence-electron chi connectivity index (χ1n) is 5.17. The minimum atomic E-state index is -0.473. The topological polar surface area (TPSA) is 38.3 Å². The van der Waals surface area contributed by atoms with Crippen molar-refractivity contribution in [2.24, 2.45) is 5.41 Å². The third-order valence-electron chi connectivity index (χ3n) is 2.91. The Labute approximate surface area is 93.6 Å². The Morgan fingerprint density at radius 1 is 1.50 bits per heavy atom. The predicted molar refractivity (Wildman–Crippen MR) is 58.7 cm³/mol. The summed E-state index contributed by atoms with van der Waals surface area (Å²) in [5.74, 6) is -0.430. The van der Waals surface area contributed by atoms with Crippen LogP contribution in [0, 0.1) is 18.2 Å². The van der Waals surface area contributed by atoms with E-state index >= 15 is 0 Å². The fraction of sp³-hybridized carbons (Fsp3) is 0.417. The minimum Gasteiger partial charge on any atom is -0.379 e. The van der Waals surface area contributed by atoms with Crippen LogP contribution in [0.4, 0.5) is 10.1 Å². The average Bonchev–Trinajstić information content (AvgIpc) is 2.21. The van der Waals surface area contributed by atoms with Crippen LogP contribution in [0.25, 0.3) is 0 Å². The van der Waals surface area contributed by atoms with Crippen molar-refractivity contribution in [1.82, 2.24) is 0 Å². The molecule has 0 saturated carbocycles. The number of carbonyl (C=O) groups is 1. The Hall–Kier alpha value is -1.42. The van der Waals surface area contributed by atoms with Crippen LogP contribution in [0.5, 0.6) is 0 Å². The van der Waals surface area contributed by atoms with Crippen LogP contribution < -0.4 is 5.32 Å². The van der Waals surface area contributed by atoms with Gasteiger partial charge in [0.25, 0.3) is 0 Å². The van der Waals surface area contributed by atoms with E-state index in [4.69, 9.17) is 4.74 Å². The normalized spacial score (nSPS) is 17.7. The minimum absolute atomic E-state index is 0.118. The predicted octanol–water partition coefficient (Wildman–Crippen LogP) is 2.11. The smallest absolute Gasteiger partial charge is 0.235 e. The van der Waals surface area contributed by atoms with Crippen LogP contribution in [0.2, 0.25) is 0 Å². The first kappa shape index (κ1) is 11.1. The number of benzene rings is 1. The Balaban J connectivity index is 2.15. The molecule has 1 aliphatic rings. The summed E-state index contributed by atoms with van der Waals surface area (Å²) in [4.78, 5) is 11.9. The molecule has 1 aromatic rings. The maximum absolute atomic E-state index is 13.2. The number of hydrogen-bond donors (Lipinski definition) is 1. The Kier molecular flexibility index (Phi) is 2.68. The van der Waals surface area contributed by atoms with E-state index in [1.807, 2.05) is 6.92 Å². The second-order valence-electron chi connectivity index (χ2n) is 4.42. The van der Waals surface area contributed by atoms with Crippen LogP contribution in [-0.2, 0) is 9.53 Å². The molecule has 0 radical (unpaired) electrons. The van der Waals surface area contributed by atoms with Gasteiger partial charge in [0.1, 0.15) is 5.82 Å². The number of halogens is 1. The lowest BCUT2D eigenvalue weighted by atomic mass is 9.87. The summed E-state index contributed by atoms with van der Waals surface area (Å²) in [5, 5.41) is 2.73. The molecule has 0 aromatic heterocycles. The van der Waals surface area contributed by atoms with Crippen molar-refractivity contribution in [2.45, 2.75) is 13.8 Å². The van der Waals surface area contributed by atoms with Gasteiger partial charge in [0.2, 0.25) is 5.91 Å². The number of ether oxygens (including phenoxy) is 1. The fourth-order valence-electron chi connectivity index (χ4n) is 1.56. The van der Waals surface area contributed by atoms with Gasteiger partial charge in [-0.05, 0) is 26.0 Å². The largest absolute Gasteiger partial charge is 0.379 e. The lowest BCUT2D eigenvalue weighted by Gasteiger charge is -2.36. The molecule has 0 unspecified atom stereocenters. The maximum Gasteiger partial charge on any atom is 0.235 e. The lowest BCUT2D eigenvalue weighted by molar-refractivity contribution is -0.151. The van der Waals surface area contributed by atoms with Crippen molar-refractivity contribution in [1.29, 1.82) is 0 Å². The summed E-state index contributed by atoms with van der Waals surface area (Å²) in [6.45, 7) is 4.32. The SMILES string of the molecule is Cc1c(F)cccc1NC(=O)C1(C)COC1. The first-order valence-corrected chi connectivity index (χ1v) is 5.17. The zero-order valence-corrected chi connectivity index (χ0v) is 9.34. The molecule has 1 fully saturated rings. The molecule has 1 aliphatic heterocycles. The molecule has 86 valence electrons. The van der Waals surface area contributed by atoms with E-state index < -0.39 is 5.41 Å². The van der Waals surface area contributed by atoms with Gasteiger partial charge in [0.05, 0.1) is 18.6 Å². The highest BCUT2D eigenvalue weighted by molar-refractivity contribution is 5.96. The van der Waals surface area contributed by atoms with Gasteiger partial charge >= 0.3 is 0 Å². The molecule has 1 heterocycles. The summed E-state index contributed by atoms with van der Waals surface area (Å²) in [7, 11) is 0. The molecule has 0 atom stereocenters. The van der Waals surface area contributed by atoms with Gasteiger partial charge in [-0.25, -0.2) is 4.39 Å². The number of rotatable bonds is 2. The number of carbonyl (C=O) groups excluding carboxylic acids is 1. The van der Waals surface area contributed by atoms with Crippen LogP contribution >= 0.6 is 0 Å². The molecule has 0 bridgehead atoms. The van der Waals surface area contributed by atoms with Gasteiger partial charge < -0.3 is 10.1 Å². The van der Waals surface area contributed by atoms with Gasteiger partial charge in [-0.2, -0.15) is 0 Å². The molecule has 4 heteroatoms. The molecule has 2 rings (SSSR count). The molecule has 16 heavy (non-hydrogen) atoms. The van der Waals surface area contributed by atoms with Crippen molar-refractivity contribution in [3.05, 3.63) is 29.6 Å². The van der Waals surface area contributed by atoms with Crippen LogP contribution in [-0.4, -0.2) is 19.1 Å². The van der Waals surface area contributed by atoms with Crippen molar-refractivity contribution in [3.63, 3.8) is 0 Å². The number of anilines is 1. The van der Waals surface area contributed by atoms with E-state index in [-0.39, 0.29) is 11.7 Å². The van der Waals surface area contributed by atoms with E-state index in [2.05, 4.69) is 5.32 Å². The molecule has 0 spiro atoms. The fourth-order valence-corrected chi connectivity index (χ4v) is 1.56. The average molecular weight is 223 g/mol. The monoisotopic (exact) mass is 223 g/mol. The maximum atomic E-state index is 13.2. The second-order valence-corrected chi connectivity index (χ2v) is 4.42. The highest BCUT2D eigenvalue weighted by Gasteiger charge is 2.41. The summed E-state index contributed by atoms with van der Waals surface area (Å²) in [6, 6.07) is 4.65. The number of hydrogen-bond acceptors (Lipinski definition) is 2. The summed E-state index contributed by atoms with van der Waals surface area (Å²) >= 11 is 0. The summed E-state index contributed by atoms with van der Waals surface area (Å²) in [5.41, 5.74) is 0.511. The van der Waals surface area contributed by atoms with Gasteiger partial charge in [-0.3, -0.25) is 4.79 Å². The Morgan fingerprint density at radius 3 is 2.75 bits per heavy atom. The van der Waals surface area contributed by atoms with Gasteiger partial charge in [0.15, 0.2) is 0 Å².